The van der Waals surface area contributed by atoms with E-state index in [1.807, 2.05) is 0 Å². The molecule has 0 spiro atoms. The molecule has 118 valence electrons. The third-order valence-electron chi connectivity index (χ3n) is 3.80. The van der Waals surface area contributed by atoms with E-state index in [1.54, 1.807) is 30.3 Å². The minimum absolute atomic E-state index is 0.238. The van der Waals surface area contributed by atoms with Crippen molar-refractivity contribution in [3.05, 3.63) is 58.1 Å². The standard InChI is InChI=1S/C17H12Br2O4/c1-22-11-7-10(17(18)19)16(23-2)13-12(11)14(20)8-5-3-4-6-9(8)15(13)21/h3-7,17H,1-2H3. The van der Waals surface area contributed by atoms with Crippen molar-refractivity contribution in [3.63, 3.8) is 0 Å². The van der Waals surface area contributed by atoms with Crippen LogP contribution in [0.2, 0.25) is 0 Å². The van der Waals surface area contributed by atoms with Crippen LogP contribution >= 0.6 is 31.9 Å². The molecule has 0 heterocycles. The quantitative estimate of drug-likeness (QED) is 0.572. The first-order valence-corrected chi connectivity index (χ1v) is 8.59. The maximum absolute atomic E-state index is 13.0. The second-order valence-corrected chi connectivity index (χ2v) is 8.02. The van der Waals surface area contributed by atoms with E-state index in [0.717, 1.165) is 0 Å². The van der Waals surface area contributed by atoms with Crippen molar-refractivity contribution in [2.75, 3.05) is 14.2 Å². The maximum Gasteiger partial charge on any atom is 0.198 e. The van der Waals surface area contributed by atoms with Crippen LogP contribution in [-0.4, -0.2) is 25.8 Å². The molecule has 0 aromatic heterocycles. The molecule has 0 bridgehead atoms. The first-order chi connectivity index (χ1) is 11.0. The Morgan fingerprint density at radius 2 is 1.48 bits per heavy atom. The van der Waals surface area contributed by atoms with Crippen LogP contribution in [0.5, 0.6) is 11.5 Å². The Bertz CT molecular complexity index is 828. The molecule has 0 N–H and O–H groups in total. The lowest BCUT2D eigenvalue weighted by atomic mass is 9.82. The SMILES string of the molecule is COc1cc(C(Br)Br)c(OC)c2c1C(=O)c1ccccc1C2=O. The number of alkyl halides is 2. The van der Waals surface area contributed by atoms with E-state index in [9.17, 15) is 9.59 Å². The van der Waals surface area contributed by atoms with Gasteiger partial charge in [-0.25, -0.2) is 0 Å². The number of carbonyl (C=O) groups is 2. The van der Waals surface area contributed by atoms with Gasteiger partial charge in [0.2, 0.25) is 0 Å². The number of carbonyl (C=O) groups excluding carboxylic acids is 2. The number of methoxy groups -OCH3 is 2. The van der Waals surface area contributed by atoms with E-state index >= 15 is 0 Å². The number of hydrogen-bond acceptors (Lipinski definition) is 4. The molecule has 0 radical (unpaired) electrons. The van der Waals surface area contributed by atoms with E-state index in [-0.39, 0.29) is 26.4 Å². The van der Waals surface area contributed by atoms with Gasteiger partial charge in [-0.15, -0.1) is 0 Å². The van der Waals surface area contributed by atoms with Gasteiger partial charge in [0.05, 0.1) is 29.1 Å². The van der Waals surface area contributed by atoms with E-state index in [4.69, 9.17) is 9.47 Å². The summed E-state index contributed by atoms with van der Waals surface area (Å²) in [4.78, 5) is 25.8. The smallest absolute Gasteiger partial charge is 0.198 e. The Morgan fingerprint density at radius 1 is 0.913 bits per heavy atom. The fourth-order valence-corrected chi connectivity index (χ4v) is 3.47. The second-order valence-electron chi connectivity index (χ2n) is 4.96. The first-order valence-electron chi connectivity index (χ1n) is 6.76. The van der Waals surface area contributed by atoms with E-state index in [0.29, 0.717) is 28.2 Å². The lowest BCUT2D eigenvalue weighted by Gasteiger charge is -2.24. The zero-order valence-corrected chi connectivity index (χ0v) is 15.5. The van der Waals surface area contributed by atoms with Crippen LogP contribution in [0, 0.1) is 0 Å². The third kappa shape index (κ3) is 2.40. The summed E-state index contributed by atoms with van der Waals surface area (Å²) in [5.41, 5.74) is 1.94. The predicted octanol–water partition coefficient (Wildman–Crippen LogP) is 4.27. The van der Waals surface area contributed by atoms with Crippen LogP contribution in [-0.2, 0) is 0 Å². The van der Waals surface area contributed by atoms with Crippen molar-refractivity contribution < 1.29 is 19.1 Å². The number of ketones is 2. The highest BCUT2D eigenvalue weighted by Gasteiger charge is 2.36. The van der Waals surface area contributed by atoms with Gasteiger partial charge in [-0.1, -0.05) is 56.1 Å². The van der Waals surface area contributed by atoms with Crippen molar-refractivity contribution in [1.82, 2.24) is 0 Å². The summed E-state index contributed by atoms with van der Waals surface area (Å²) in [6.07, 6.45) is 0. The lowest BCUT2D eigenvalue weighted by molar-refractivity contribution is 0.0973. The van der Waals surface area contributed by atoms with Crippen molar-refractivity contribution in [2.24, 2.45) is 0 Å². The Labute approximate surface area is 150 Å². The van der Waals surface area contributed by atoms with Crippen LogP contribution in [0.25, 0.3) is 0 Å². The van der Waals surface area contributed by atoms with E-state index in [2.05, 4.69) is 31.9 Å². The summed E-state index contributed by atoms with van der Waals surface area (Å²) in [7, 11) is 2.95. The van der Waals surface area contributed by atoms with Crippen molar-refractivity contribution in [3.8, 4) is 11.5 Å². The second kappa shape index (κ2) is 6.09. The van der Waals surface area contributed by atoms with Crippen molar-refractivity contribution >= 4 is 43.4 Å². The first kappa shape index (κ1) is 16.2. The zero-order valence-electron chi connectivity index (χ0n) is 12.4. The Morgan fingerprint density at radius 3 is 1.96 bits per heavy atom. The molecular formula is C17H12Br2O4. The minimum Gasteiger partial charge on any atom is -0.496 e. The molecule has 1 aliphatic rings. The fourth-order valence-electron chi connectivity index (χ4n) is 2.79. The molecule has 0 aliphatic heterocycles. The summed E-state index contributed by atoms with van der Waals surface area (Å²) in [6.45, 7) is 0. The molecule has 1 aliphatic carbocycles. The van der Waals surface area contributed by atoms with E-state index in [1.165, 1.54) is 14.2 Å². The van der Waals surface area contributed by atoms with Gasteiger partial charge >= 0.3 is 0 Å². The molecule has 2 aromatic rings. The summed E-state index contributed by atoms with van der Waals surface area (Å²) < 4.78 is 10.6. The number of benzene rings is 2. The Kier molecular flexibility index (Phi) is 4.29. The predicted molar refractivity (Wildman–Crippen MR) is 93.4 cm³/mol. The monoisotopic (exact) mass is 438 g/mol. The molecular weight excluding hydrogens is 428 g/mol. The number of rotatable bonds is 3. The van der Waals surface area contributed by atoms with Gasteiger partial charge in [0.25, 0.3) is 0 Å². The molecule has 3 rings (SSSR count). The number of halogens is 2. The highest BCUT2D eigenvalue weighted by molar-refractivity contribution is 9.24. The van der Waals surface area contributed by atoms with Gasteiger partial charge < -0.3 is 9.47 Å². The van der Waals surface area contributed by atoms with Crippen LogP contribution in [0.1, 0.15) is 41.1 Å². The molecule has 0 saturated heterocycles. The van der Waals surface area contributed by atoms with Crippen LogP contribution < -0.4 is 9.47 Å². The summed E-state index contributed by atoms with van der Waals surface area (Å²) in [5.74, 6) is 0.241. The average molecular weight is 440 g/mol. The van der Waals surface area contributed by atoms with Crippen molar-refractivity contribution in [1.29, 1.82) is 0 Å². The molecule has 23 heavy (non-hydrogen) atoms. The van der Waals surface area contributed by atoms with Crippen LogP contribution in [0.15, 0.2) is 30.3 Å². The Hall–Kier alpha value is -1.66. The molecule has 0 fully saturated rings. The van der Waals surface area contributed by atoms with E-state index < -0.39 is 0 Å². The highest BCUT2D eigenvalue weighted by atomic mass is 79.9. The maximum atomic E-state index is 13.0. The third-order valence-corrected chi connectivity index (χ3v) is 4.79. The highest BCUT2D eigenvalue weighted by Crippen LogP contribution is 2.46. The summed E-state index contributed by atoms with van der Waals surface area (Å²) >= 11 is 6.83. The molecule has 0 amide bonds. The Balaban J connectivity index is 2.41. The van der Waals surface area contributed by atoms with Crippen molar-refractivity contribution in [2.45, 2.75) is 3.74 Å². The van der Waals surface area contributed by atoms with Crippen LogP contribution in [0.4, 0.5) is 0 Å². The van der Waals surface area contributed by atoms with Crippen LogP contribution in [0.3, 0.4) is 0 Å². The minimum atomic E-state index is -0.246. The molecule has 2 aromatic carbocycles. The lowest BCUT2D eigenvalue weighted by Crippen LogP contribution is -2.23. The number of ether oxygens (including phenoxy) is 2. The molecule has 4 nitrogen and oxygen atoms in total. The average Bonchev–Trinajstić information content (AvgIpc) is 2.57. The largest absolute Gasteiger partial charge is 0.496 e. The molecule has 0 saturated carbocycles. The van der Waals surface area contributed by atoms with Gasteiger partial charge in [-0.3, -0.25) is 9.59 Å². The van der Waals surface area contributed by atoms with Gasteiger partial charge in [-0.05, 0) is 6.07 Å². The molecule has 0 atom stereocenters. The normalized spacial score (nSPS) is 12.9. The van der Waals surface area contributed by atoms with Gasteiger partial charge in [0.15, 0.2) is 11.6 Å². The molecule has 0 unspecified atom stereocenters. The van der Waals surface area contributed by atoms with Gasteiger partial charge in [-0.2, -0.15) is 0 Å². The summed E-state index contributed by atoms with van der Waals surface area (Å²) in [5, 5.41) is 0. The number of hydrogen-bond donors (Lipinski definition) is 0. The van der Waals surface area contributed by atoms with Gasteiger partial charge in [0, 0.05) is 16.7 Å². The fraction of sp³-hybridized carbons (Fsp3) is 0.176. The summed E-state index contributed by atoms with van der Waals surface area (Å²) in [6, 6.07) is 8.47. The molecule has 6 heteroatoms. The number of fused-ring (bicyclic) bond motifs is 2. The zero-order chi connectivity index (χ0) is 16.7. The van der Waals surface area contributed by atoms with Gasteiger partial charge in [0.1, 0.15) is 11.5 Å². The topological polar surface area (TPSA) is 52.6 Å².